The Bertz CT molecular complexity index is 272. The van der Waals surface area contributed by atoms with Crippen LogP contribution in [0.5, 0.6) is 0 Å². The Labute approximate surface area is 87.6 Å². The molecule has 0 fully saturated rings. The van der Waals surface area contributed by atoms with Gasteiger partial charge >= 0.3 is 11.9 Å². The number of aliphatic imine (C=N–C) groups is 1. The molecular weight excluding hydrogens is 202 g/mol. The number of aliphatic hydroxyl groups is 1. The van der Waals surface area contributed by atoms with E-state index < -0.39 is 24.1 Å². The summed E-state index contributed by atoms with van der Waals surface area (Å²) in [5.41, 5.74) is 0.315. The Hall–Kier alpha value is -1.43. The van der Waals surface area contributed by atoms with Gasteiger partial charge in [0, 0.05) is 5.71 Å². The number of methoxy groups -OCH3 is 1. The fourth-order valence-corrected chi connectivity index (χ4v) is 0.934. The van der Waals surface area contributed by atoms with Gasteiger partial charge in [0.05, 0.1) is 19.6 Å². The third-order valence-electron chi connectivity index (χ3n) is 1.70. The fraction of sp³-hybridized carbons (Fsp3) is 0.667. The molecule has 2 atom stereocenters. The van der Waals surface area contributed by atoms with Crippen molar-refractivity contribution in [2.45, 2.75) is 32.4 Å². The molecule has 0 aliphatic carbocycles. The van der Waals surface area contributed by atoms with Gasteiger partial charge in [-0.05, 0) is 13.8 Å². The number of hydrogen-bond acceptors (Lipinski definition) is 5. The summed E-state index contributed by atoms with van der Waals surface area (Å²) in [6.07, 6.45) is -1.18. The second kappa shape index (κ2) is 6.13. The molecule has 0 radical (unpaired) electrons. The number of aliphatic carboxylic acids is 1. The van der Waals surface area contributed by atoms with E-state index >= 15 is 0 Å². The normalized spacial score (nSPS) is 15.6. The van der Waals surface area contributed by atoms with Gasteiger partial charge in [-0.1, -0.05) is 0 Å². The molecule has 0 aliphatic heterocycles. The summed E-state index contributed by atoms with van der Waals surface area (Å²) in [7, 11) is 1.24. The van der Waals surface area contributed by atoms with Crippen molar-refractivity contribution in [3.05, 3.63) is 0 Å². The van der Waals surface area contributed by atoms with E-state index in [-0.39, 0.29) is 6.42 Å². The molecule has 6 nitrogen and oxygen atoms in total. The maximum atomic E-state index is 10.8. The van der Waals surface area contributed by atoms with E-state index in [1.807, 2.05) is 0 Å². The lowest BCUT2D eigenvalue weighted by Gasteiger charge is -2.11. The van der Waals surface area contributed by atoms with Crippen LogP contribution in [0.3, 0.4) is 0 Å². The molecule has 0 amide bonds. The molecular formula is C9H15NO5. The van der Waals surface area contributed by atoms with Gasteiger partial charge in [0.25, 0.3) is 0 Å². The maximum Gasteiger partial charge on any atom is 0.331 e. The van der Waals surface area contributed by atoms with Crippen molar-refractivity contribution >= 4 is 17.7 Å². The van der Waals surface area contributed by atoms with E-state index in [1.165, 1.54) is 21.0 Å². The molecule has 0 bridgehead atoms. The van der Waals surface area contributed by atoms with E-state index in [2.05, 4.69) is 9.73 Å². The first-order valence-corrected chi connectivity index (χ1v) is 4.39. The average molecular weight is 217 g/mol. The summed E-state index contributed by atoms with van der Waals surface area (Å²) in [6.45, 7) is 2.84. The van der Waals surface area contributed by atoms with Gasteiger partial charge in [-0.25, -0.2) is 4.79 Å². The highest BCUT2D eigenvalue weighted by Gasteiger charge is 2.22. The lowest BCUT2D eigenvalue weighted by molar-refractivity contribution is -0.141. The SMILES string of the molecule is COC(=O)CC(C)=N[C@H](C(=O)O)[C@@H](C)O. The molecule has 0 aromatic rings. The highest BCUT2D eigenvalue weighted by molar-refractivity contribution is 5.98. The number of carboxylic acid groups (broad SMARTS) is 1. The quantitative estimate of drug-likeness (QED) is 0.493. The molecule has 15 heavy (non-hydrogen) atoms. The highest BCUT2D eigenvalue weighted by atomic mass is 16.5. The first kappa shape index (κ1) is 13.6. The predicted molar refractivity (Wildman–Crippen MR) is 52.8 cm³/mol. The van der Waals surface area contributed by atoms with Crippen LogP contribution >= 0.6 is 0 Å². The lowest BCUT2D eigenvalue weighted by Crippen LogP contribution is -2.31. The van der Waals surface area contributed by atoms with Crippen molar-refractivity contribution in [1.82, 2.24) is 0 Å². The smallest absolute Gasteiger partial charge is 0.331 e. The summed E-state index contributed by atoms with van der Waals surface area (Å²) in [5, 5.41) is 17.8. The monoisotopic (exact) mass is 217 g/mol. The zero-order valence-electron chi connectivity index (χ0n) is 8.93. The first-order chi connectivity index (χ1) is 6.88. The molecule has 0 rings (SSSR count). The van der Waals surface area contributed by atoms with Crippen molar-refractivity contribution in [2.75, 3.05) is 7.11 Å². The molecule has 6 heteroatoms. The largest absolute Gasteiger partial charge is 0.480 e. The zero-order valence-corrected chi connectivity index (χ0v) is 8.93. The van der Waals surface area contributed by atoms with Crippen LogP contribution < -0.4 is 0 Å². The van der Waals surface area contributed by atoms with Crippen molar-refractivity contribution in [3.63, 3.8) is 0 Å². The molecule has 2 N–H and O–H groups in total. The Morgan fingerprint density at radius 1 is 1.47 bits per heavy atom. The van der Waals surface area contributed by atoms with Crippen LogP contribution in [0, 0.1) is 0 Å². The maximum absolute atomic E-state index is 10.8. The lowest BCUT2D eigenvalue weighted by atomic mass is 10.2. The average Bonchev–Trinajstić information content (AvgIpc) is 2.12. The number of rotatable bonds is 5. The van der Waals surface area contributed by atoms with Crippen molar-refractivity contribution in [1.29, 1.82) is 0 Å². The van der Waals surface area contributed by atoms with Crippen LogP contribution in [0.25, 0.3) is 0 Å². The van der Waals surface area contributed by atoms with Gasteiger partial charge in [0.1, 0.15) is 0 Å². The van der Waals surface area contributed by atoms with Crippen LogP contribution in [0.15, 0.2) is 4.99 Å². The number of aliphatic hydroxyl groups excluding tert-OH is 1. The predicted octanol–water partition coefficient (Wildman–Crippen LogP) is -0.156. The summed E-state index contributed by atoms with van der Waals surface area (Å²) >= 11 is 0. The second-order valence-corrected chi connectivity index (χ2v) is 3.14. The molecule has 0 saturated carbocycles. The van der Waals surface area contributed by atoms with E-state index in [1.54, 1.807) is 0 Å². The molecule has 0 spiro atoms. The van der Waals surface area contributed by atoms with Crippen molar-refractivity contribution < 1.29 is 24.5 Å². The van der Waals surface area contributed by atoms with Gasteiger partial charge in [-0.15, -0.1) is 0 Å². The molecule has 0 aliphatic rings. The summed E-state index contributed by atoms with van der Waals surface area (Å²) in [6, 6.07) is -1.24. The topological polar surface area (TPSA) is 96.2 Å². The Kier molecular flexibility index (Phi) is 5.54. The number of esters is 1. The van der Waals surface area contributed by atoms with Crippen LogP contribution in [-0.4, -0.2) is 47.1 Å². The minimum atomic E-state index is -1.24. The number of ether oxygens (including phenoxy) is 1. The molecule has 0 aromatic heterocycles. The zero-order chi connectivity index (χ0) is 12.0. The van der Waals surface area contributed by atoms with Gasteiger partial charge in [-0.3, -0.25) is 9.79 Å². The van der Waals surface area contributed by atoms with Crippen molar-refractivity contribution in [2.24, 2.45) is 4.99 Å². The minimum absolute atomic E-state index is 0.0764. The first-order valence-electron chi connectivity index (χ1n) is 4.39. The molecule has 86 valence electrons. The Morgan fingerprint density at radius 2 is 2.00 bits per heavy atom. The van der Waals surface area contributed by atoms with Gasteiger partial charge in [0.2, 0.25) is 0 Å². The van der Waals surface area contributed by atoms with Crippen molar-refractivity contribution in [3.8, 4) is 0 Å². The second-order valence-electron chi connectivity index (χ2n) is 3.14. The van der Waals surface area contributed by atoms with Crippen LogP contribution in [0.1, 0.15) is 20.3 Å². The van der Waals surface area contributed by atoms with Crippen LogP contribution in [-0.2, 0) is 14.3 Å². The summed E-state index contributed by atoms with van der Waals surface area (Å²) in [4.78, 5) is 25.2. The molecule has 0 heterocycles. The number of nitrogens with zero attached hydrogens (tertiary/aromatic N) is 1. The Morgan fingerprint density at radius 3 is 2.33 bits per heavy atom. The van der Waals surface area contributed by atoms with Gasteiger partial charge in [0.15, 0.2) is 6.04 Å². The fourth-order valence-electron chi connectivity index (χ4n) is 0.934. The van der Waals surface area contributed by atoms with E-state index in [0.717, 1.165) is 0 Å². The summed E-state index contributed by atoms with van der Waals surface area (Å²) in [5.74, 6) is -1.72. The molecule has 0 aromatic carbocycles. The van der Waals surface area contributed by atoms with Gasteiger partial charge in [-0.2, -0.15) is 0 Å². The van der Waals surface area contributed by atoms with E-state index in [0.29, 0.717) is 5.71 Å². The Balaban J connectivity index is 4.54. The number of carbonyl (C=O) groups is 2. The summed E-state index contributed by atoms with van der Waals surface area (Å²) < 4.78 is 4.39. The number of carbonyl (C=O) groups excluding carboxylic acids is 1. The van der Waals surface area contributed by atoms with E-state index in [9.17, 15) is 9.59 Å². The standard InChI is InChI=1S/C9H15NO5/c1-5(4-7(12)15-3)10-8(6(2)11)9(13)14/h6,8,11H,4H2,1-3H3,(H,13,14)/t6-,8+/m1/s1. The third-order valence-corrected chi connectivity index (χ3v) is 1.70. The molecule has 0 unspecified atom stereocenters. The molecule has 0 saturated heterocycles. The minimum Gasteiger partial charge on any atom is -0.480 e. The third kappa shape index (κ3) is 5.11. The number of carboxylic acids is 1. The van der Waals surface area contributed by atoms with Crippen LogP contribution in [0.2, 0.25) is 0 Å². The van der Waals surface area contributed by atoms with E-state index in [4.69, 9.17) is 10.2 Å². The van der Waals surface area contributed by atoms with Gasteiger partial charge < -0.3 is 14.9 Å². The number of hydrogen-bond donors (Lipinski definition) is 2. The highest BCUT2D eigenvalue weighted by Crippen LogP contribution is 2.02. The van der Waals surface area contributed by atoms with Crippen LogP contribution in [0.4, 0.5) is 0 Å².